The lowest BCUT2D eigenvalue weighted by atomic mass is 10.1. The van der Waals surface area contributed by atoms with Crippen molar-refractivity contribution in [3.8, 4) is 5.88 Å². The Kier molecular flexibility index (Phi) is 4.74. The summed E-state index contributed by atoms with van der Waals surface area (Å²) in [7, 11) is 0. The summed E-state index contributed by atoms with van der Waals surface area (Å²) in [5.74, 6) is -2.50. The number of nitrogens with one attached hydrogen (secondary N) is 1. The molecule has 0 saturated heterocycles. The van der Waals surface area contributed by atoms with E-state index in [-0.39, 0.29) is 27.6 Å². The zero-order valence-corrected chi connectivity index (χ0v) is 12.5. The summed E-state index contributed by atoms with van der Waals surface area (Å²) in [6.07, 6.45) is -1.41. The Morgan fingerprint density at radius 1 is 1.39 bits per heavy atom. The normalized spacial score (nSPS) is 10.4. The second-order valence-corrected chi connectivity index (χ2v) is 5.24. The molecule has 7 nitrogen and oxygen atoms in total. The number of hydrogen-bond donors (Lipinski definition) is 3. The second kappa shape index (κ2) is 6.57. The Morgan fingerprint density at radius 2 is 2.09 bits per heavy atom. The molecule has 2 rings (SSSR count). The van der Waals surface area contributed by atoms with Gasteiger partial charge < -0.3 is 15.6 Å². The van der Waals surface area contributed by atoms with Crippen LogP contribution in [0.25, 0.3) is 0 Å². The average Bonchev–Trinajstić information content (AvgIpc) is 2.83. The fourth-order valence-corrected chi connectivity index (χ4v) is 2.45. The van der Waals surface area contributed by atoms with Gasteiger partial charge in [0, 0.05) is 5.56 Å². The van der Waals surface area contributed by atoms with Crippen LogP contribution < -0.4 is 15.8 Å². The van der Waals surface area contributed by atoms with Crippen molar-refractivity contribution in [1.82, 2.24) is 4.37 Å². The fourth-order valence-electron chi connectivity index (χ4n) is 1.72. The van der Waals surface area contributed by atoms with E-state index in [0.29, 0.717) is 11.5 Å². The molecule has 2 amide bonds. The summed E-state index contributed by atoms with van der Waals surface area (Å²) < 4.78 is 36.1. The lowest BCUT2D eigenvalue weighted by Crippen LogP contribution is -2.16. The van der Waals surface area contributed by atoms with E-state index < -0.39 is 30.2 Å². The number of amides is 2. The second-order valence-electron chi connectivity index (χ2n) is 4.47. The highest BCUT2D eigenvalue weighted by atomic mass is 32.1. The number of primary amides is 1. The number of rotatable bonds is 5. The van der Waals surface area contributed by atoms with Crippen molar-refractivity contribution in [1.29, 1.82) is 0 Å². The predicted molar refractivity (Wildman–Crippen MR) is 77.7 cm³/mol. The minimum Gasteiger partial charge on any atom is -0.471 e. The van der Waals surface area contributed by atoms with Gasteiger partial charge in [0.05, 0.1) is 0 Å². The summed E-state index contributed by atoms with van der Waals surface area (Å²) in [5.41, 5.74) is 4.95. The zero-order chi connectivity index (χ0) is 17.1. The van der Waals surface area contributed by atoms with Crippen LogP contribution in [0.15, 0.2) is 12.1 Å². The average molecular weight is 343 g/mol. The molecule has 0 atom stereocenters. The van der Waals surface area contributed by atoms with Crippen LogP contribution in [-0.4, -0.2) is 21.5 Å². The van der Waals surface area contributed by atoms with Gasteiger partial charge in [-0.1, -0.05) is 0 Å². The number of carboxylic acid groups (broad SMARTS) is 1. The molecule has 0 fully saturated rings. The van der Waals surface area contributed by atoms with Crippen LogP contribution in [-0.2, 0) is 6.61 Å². The van der Waals surface area contributed by atoms with Crippen LogP contribution in [0.3, 0.4) is 0 Å². The number of ether oxygens (including phenoxy) is 1. The molecule has 0 bridgehead atoms. The quantitative estimate of drug-likeness (QED) is 0.771. The Labute approximate surface area is 132 Å². The first kappa shape index (κ1) is 16.6. The van der Waals surface area contributed by atoms with Crippen LogP contribution in [0.5, 0.6) is 5.88 Å². The van der Waals surface area contributed by atoms with E-state index in [9.17, 15) is 18.4 Å². The first-order valence-corrected chi connectivity index (χ1v) is 6.93. The largest absolute Gasteiger partial charge is 0.471 e. The molecular weight excluding hydrogens is 332 g/mol. The zero-order valence-electron chi connectivity index (χ0n) is 11.7. The number of hydrogen-bond acceptors (Lipinski definition) is 5. The molecule has 0 saturated carbocycles. The van der Waals surface area contributed by atoms with Gasteiger partial charge in [0.1, 0.15) is 28.8 Å². The Morgan fingerprint density at radius 3 is 2.70 bits per heavy atom. The molecule has 122 valence electrons. The maximum atomic E-state index is 13.7. The molecule has 0 aliphatic rings. The molecule has 0 spiro atoms. The van der Waals surface area contributed by atoms with Crippen LogP contribution in [0.4, 0.5) is 18.6 Å². The number of anilines is 1. The van der Waals surface area contributed by atoms with Crippen molar-refractivity contribution in [2.45, 2.75) is 13.5 Å². The number of halogens is 2. The lowest BCUT2D eigenvalue weighted by molar-refractivity contribution is 0.0996. The van der Waals surface area contributed by atoms with Crippen molar-refractivity contribution in [3.63, 3.8) is 0 Å². The third kappa shape index (κ3) is 3.72. The maximum Gasteiger partial charge on any atom is 0.409 e. The molecule has 4 N–H and O–H groups in total. The van der Waals surface area contributed by atoms with Gasteiger partial charge in [0.15, 0.2) is 0 Å². The summed E-state index contributed by atoms with van der Waals surface area (Å²) >= 11 is 0.642. The van der Waals surface area contributed by atoms with Crippen LogP contribution >= 0.6 is 11.5 Å². The molecule has 0 aliphatic carbocycles. The number of nitrogens with two attached hydrogens (primary N) is 1. The van der Waals surface area contributed by atoms with Crippen LogP contribution in [0, 0.1) is 18.6 Å². The number of aromatic nitrogens is 1. The molecule has 0 radical (unpaired) electrons. The van der Waals surface area contributed by atoms with Crippen molar-refractivity contribution in [2.75, 3.05) is 5.32 Å². The Hall–Kier alpha value is -2.75. The van der Waals surface area contributed by atoms with Crippen LogP contribution in [0.1, 0.15) is 21.5 Å². The third-order valence-corrected chi connectivity index (χ3v) is 3.57. The smallest absolute Gasteiger partial charge is 0.409 e. The molecule has 1 aromatic heterocycles. The monoisotopic (exact) mass is 343 g/mol. The summed E-state index contributed by atoms with van der Waals surface area (Å²) in [6, 6.07) is 1.98. The van der Waals surface area contributed by atoms with Gasteiger partial charge in [-0.2, -0.15) is 4.37 Å². The van der Waals surface area contributed by atoms with Crippen LogP contribution in [0.2, 0.25) is 0 Å². The summed E-state index contributed by atoms with van der Waals surface area (Å²) in [5, 5.41) is 10.5. The van der Waals surface area contributed by atoms with Gasteiger partial charge >= 0.3 is 6.09 Å². The summed E-state index contributed by atoms with van der Waals surface area (Å²) in [6.45, 7) is 1.01. The fraction of sp³-hybridized carbons (Fsp3) is 0.154. The van der Waals surface area contributed by atoms with E-state index in [4.69, 9.17) is 15.6 Å². The van der Waals surface area contributed by atoms with E-state index in [2.05, 4.69) is 4.37 Å². The van der Waals surface area contributed by atoms with Gasteiger partial charge in [-0.05, 0) is 36.2 Å². The van der Waals surface area contributed by atoms with Crippen molar-refractivity contribution in [3.05, 3.63) is 40.5 Å². The predicted octanol–water partition coefficient (Wildman–Crippen LogP) is 2.50. The number of aryl methyl sites for hydroxylation is 1. The number of carbonyl (C=O) groups is 2. The van der Waals surface area contributed by atoms with Crippen molar-refractivity contribution in [2.24, 2.45) is 5.73 Å². The van der Waals surface area contributed by atoms with E-state index in [1.807, 2.05) is 5.32 Å². The Balaban J connectivity index is 2.24. The minimum absolute atomic E-state index is 0.0794. The molecular formula is C13H11F2N3O4S. The highest BCUT2D eigenvalue weighted by molar-refractivity contribution is 7.11. The van der Waals surface area contributed by atoms with Crippen molar-refractivity contribution < 1.29 is 28.2 Å². The lowest BCUT2D eigenvalue weighted by Gasteiger charge is -2.07. The van der Waals surface area contributed by atoms with E-state index in [0.717, 1.165) is 12.1 Å². The topological polar surface area (TPSA) is 115 Å². The van der Waals surface area contributed by atoms with Crippen molar-refractivity contribution >= 4 is 28.5 Å². The van der Waals surface area contributed by atoms with E-state index in [1.165, 1.54) is 6.92 Å². The van der Waals surface area contributed by atoms with Gasteiger partial charge in [-0.3, -0.25) is 10.1 Å². The molecule has 1 heterocycles. The molecule has 1 aromatic carbocycles. The van der Waals surface area contributed by atoms with Gasteiger partial charge in [-0.25, -0.2) is 13.6 Å². The molecule has 10 heteroatoms. The standard InChI is InChI=1S/C13H11F2N3O4S/c1-5-2-8(15)6(3-7(5)14)4-22-11-9(10(16)19)12(23-18-11)17-13(20)21/h2-3,17H,4H2,1H3,(H2,16,19)(H,20,21). The van der Waals surface area contributed by atoms with Gasteiger partial charge in [-0.15, -0.1) is 0 Å². The number of carbonyl (C=O) groups excluding carboxylic acids is 1. The number of benzene rings is 1. The highest BCUT2D eigenvalue weighted by Crippen LogP contribution is 2.31. The SMILES string of the molecule is Cc1cc(F)c(COc2nsc(NC(=O)O)c2C(N)=O)cc1F. The van der Waals surface area contributed by atoms with E-state index in [1.54, 1.807) is 0 Å². The molecule has 2 aromatic rings. The molecule has 0 unspecified atom stereocenters. The first-order valence-electron chi connectivity index (χ1n) is 6.16. The van der Waals surface area contributed by atoms with Gasteiger partial charge in [0.2, 0.25) is 5.88 Å². The first-order chi connectivity index (χ1) is 10.8. The third-order valence-electron chi connectivity index (χ3n) is 2.82. The Bertz CT molecular complexity index is 779. The minimum atomic E-state index is -1.41. The maximum absolute atomic E-state index is 13.7. The highest BCUT2D eigenvalue weighted by Gasteiger charge is 2.22. The molecule has 0 aliphatic heterocycles. The summed E-state index contributed by atoms with van der Waals surface area (Å²) in [4.78, 5) is 22.0. The van der Waals surface area contributed by atoms with Gasteiger partial charge in [0.25, 0.3) is 5.91 Å². The molecule has 23 heavy (non-hydrogen) atoms. The number of nitrogens with zero attached hydrogens (tertiary/aromatic N) is 1. The van der Waals surface area contributed by atoms with E-state index >= 15 is 0 Å².